The Hall–Kier alpha value is -4.57. The molecule has 0 saturated carbocycles. The number of nitrogens with one attached hydrogen (secondary N) is 1. The van der Waals surface area contributed by atoms with Gasteiger partial charge in [0.25, 0.3) is 15.9 Å². The molecule has 1 heterocycles. The lowest BCUT2D eigenvalue weighted by Crippen LogP contribution is -2.39. The van der Waals surface area contributed by atoms with Crippen LogP contribution in [-0.2, 0) is 14.8 Å². The van der Waals surface area contributed by atoms with Gasteiger partial charge in [-0.3, -0.25) is 9.10 Å². The molecule has 42 heavy (non-hydrogen) atoms. The number of anilines is 1. The normalized spacial score (nSPS) is 11.5. The van der Waals surface area contributed by atoms with E-state index in [4.69, 9.17) is 9.47 Å². The number of aromatic nitrogens is 1. The largest absolute Gasteiger partial charge is 0.497 e. The van der Waals surface area contributed by atoms with Crippen LogP contribution in [-0.4, -0.2) is 45.9 Å². The van der Waals surface area contributed by atoms with Crippen molar-refractivity contribution in [2.75, 3.05) is 25.1 Å². The van der Waals surface area contributed by atoms with Crippen LogP contribution in [0.1, 0.15) is 33.6 Å². The maximum Gasteiger partial charge on any atom is 0.264 e. The summed E-state index contributed by atoms with van der Waals surface area (Å²) in [7, 11) is -1.22. The Morgan fingerprint density at radius 3 is 2.17 bits per heavy atom. The minimum atomic E-state index is -4.15. The van der Waals surface area contributed by atoms with Gasteiger partial charge in [0.2, 0.25) is 0 Å². The van der Waals surface area contributed by atoms with Gasteiger partial charge < -0.3 is 14.0 Å². The van der Waals surface area contributed by atoms with E-state index in [1.54, 1.807) is 36.5 Å². The first-order valence-corrected chi connectivity index (χ1v) is 14.8. The molecule has 0 spiro atoms. The zero-order valence-corrected chi connectivity index (χ0v) is 25.7. The molecule has 1 amide bonds. The van der Waals surface area contributed by atoms with E-state index in [2.05, 4.69) is 47.1 Å². The zero-order chi connectivity index (χ0) is 30.6. The number of aryl methyl sites for hydroxylation is 4. The summed E-state index contributed by atoms with van der Waals surface area (Å²) in [6.45, 7) is 9.46. The number of carbonyl (C=O) groups is 1. The van der Waals surface area contributed by atoms with Crippen LogP contribution in [0, 0.1) is 34.6 Å². The van der Waals surface area contributed by atoms with Gasteiger partial charge in [0.15, 0.2) is 0 Å². The first-order chi connectivity index (χ1) is 19.9. The first kappa shape index (κ1) is 30.4. The maximum atomic E-state index is 13.8. The lowest BCUT2D eigenvalue weighted by Gasteiger charge is -2.25. The number of hydrogen-bond acceptors (Lipinski definition) is 6. The highest BCUT2D eigenvalue weighted by molar-refractivity contribution is 7.92. The second-order valence-electron chi connectivity index (χ2n) is 10.2. The second kappa shape index (κ2) is 12.5. The van der Waals surface area contributed by atoms with Crippen molar-refractivity contribution < 1.29 is 22.7 Å². The number of sulfonamides is 1. The van der Waals surface area contributed by atoms with Gasteiger partial charge in [-0.15, -0.1) is 0 Å². The van der Waals surface area contributed by atoms with Gasteiger partial charge in [0, 0.05) is 28.7 Å². The molecule has 0 saturated heterocycles. The van der Waals surface area contributed by atoms with Gasteiger partial charge in [-0.25, -0.2) is 13.8 Å². The lowest BCUT2D eigenvalue weighted by molar-refractivity contribution is -0.119. The number of ether oxygens (including phenoxy) is 2. The Morgan fingerprint density at radius 1 is 0.881 bits per heavy atom. The van der Waals surface area contributed by atoms with Crippen LogP contribution >= 0.6 is 0 Å². The zero-order valence-electron chi connectivity index (χ0n) is 24.9. The van der Waals surface area contributed by atoms with Crippen LogP contribution in [0.3, 0.4) is 0 Å². The van der Waals surface area contributed by atoms with Crippen LogP contribution in [0.4, 0.5) is 5.69 Å². The molecule has 0 aliphatic rings. The molecule has 1 N–H and O–H groups in total. The smallest absolute Gasteiger partial charge is 0.264 e. The molecule has 0 unspecified atom stereocenters. The summed E-state index contributed by atoms with van der Waals surface area (Å²) in [6, 6.07) is 19.5. The predicted molar refractivity (Wildman–Crippen MR) is 166 cm³/mol. The molecule has 9 nitrogen and oxygen atoms in total. The SMILES string of the molecule is COc1ccc(N(CC(=O)N/N=C\c2cc(C)n(-c3cc(C)cc(C)c3)c2C)S(=O)(=O)c2ccc(C)cc2)c(OC)c1. The minimum Gasteiger partial charge on any atom is -0.497 e. The van der Waals surface area contributed by atoms with Gasteiger partial charge >= 0.3 is 0 Å². The summed E-state index contributed by atoms with van der Waals surface area (Å²) in [4.78, 5) is 13.2. The van der Waals surface area contributed by atoms with Crippen LogP contribution in [0.25, 0.3) is 5.69 Å². The van der Waals surface area contributed by atoms with E-state index < -0.39 is 22.5 Å². The highest BCUT2D eigenvalue weighted by atomic mass is 32.2. The molecular weight excluding hydrogens is 552 g/mol. The Labute approximate surface area is 247 Å². The summed E-state index contributed by atoms with van der Waals surface area (Å²) in [5.74, 6) is 0.0962. The molecule has 4 rings (SSSR count). The summed E-state index contributed by atoms with van der Waals surface area (Å²) in [6.07, 6.45) is 1.56. The number of amides is 1. The van der Waals surface area contributed by atoms with E-state index in [1.165, 1.54) is 37.5 Å². The van der Waals surface area contributed by atoms with Crippen molar-refractivity contribution in [3.63, 3.8) is 0 Å². The van der Waals surface area contributed by atoms with E-state index in [0.717, 1.165) is 32.5 Å². The number of benzene rings is 3. The summed E-state index contributed by atoms with van der Waals surface area (Å²) in [5, 5.41) is 4.16. The number of carbonyl (C=O) groups excluding carboxylic acids is 1. The minimum absolute atomic E-state index is 0.0427. The number of methoxy groups -OCH3 is 2. The van der Waals surface area contributed by atoms with Crippen molar-refractivity contribution in [2.45, 2.75) is 39.5 Å². The van der Waals surface area contributed by atoms with Gasteiger partial charge in [0.1, 0.15) is 18.0 Å². The van der Waals surface area contributed by atoms with Gasteiger partial charge in [0.05, 0.1) is 31.0 Å². The van der Waals surface area contributed by atoms with E-state index in [-0.39, 0.29) is 16.3 Å². The van der Waals surface area contributed by atoms with Gasteiger partial charge in [-0.1, -0.05) is 23.8 Å². The van der Waals surface area contributed by atoms with Crippen molar-refractivity contribution in [1.82, 2.24) is 9.99 Å². The third-order valence-corrected chi connectivity index (χ3v) is 8.65. The molecule has 0 fully saturated rings. The molecule has 0 aliphatic heterocycles. The van der Waals surface area contributed by atoms with Crippen LogP contribution in [0.2, 0.25) is 0 Å². The molecule has 0 aliphatic carbocycles. The highest BCUT2D eigenvalue weighted by Gasteiger charge is 2.29. The maximum absolute atomic E-state index is 13.8. The van der Waals surface area contributed by atoms with Crippen molar-refractivity contribution in [1.29, 1.82) is 0 Å². The Morgan fingerprint density at radius 2 is 1.55 bits per heavy atom. The topological polar surface area (TPSA) is 102 Å². The Kier molecular flexibility index (Phi) is 9.06. The number of rotatable bonds is 10. The Bertz CT molecular complexity index is 1720. The summed E-state index contributed by atoms with van der Waals surface area (Å²) < 4.78 is 41.4. The van der Waals surface area contributed by atoms with Gasteiger partial charge in [-0.05, 0) is 88.2 Å². The average Bonchev–Trinajstić information content (AvgIpc) is 3.23. The van der Waals surface area contributed by atoms with Crippen molar-refractivity contribution >= 4 is 27.8 Å². The third-order valence-electron chi connectivity index (χ3n) is 6.88. The molecule has 0 radical (unpaired) electrons. The molecule has 4 aromatic rings. The van der Waals surface area contributed by atoms with Crippen molar-refractivity contribution in [3.05, 3.63) is 100 Å². The quantitative estimate of drug-likeness (QED) is 0.198. The predicted octanol–water partition coefficient (Wildman–Crippen LogP) is 5.38. The van der Waals surface area contributed by atoms with Crippen LogP contribution in [0.15, 0.2) is 76.7 Å². The van der Waals surface area contributed by atoms with E-state index in [1.807, 2.05) is 26.8 Å². The molecule has 1 aromatic heterocycles. The van der Waals surface area contributed by atoms with E-state index >= 15 is 0 Å². The Balaban J connectivity index is 1.61. The number of nitrogens with zero attached hydrogens (tertiary/aromatic N) is 3. The van der Waals surface area contributed by atoms with E-state index in [0.29, 0.717) is 5.75 Å². The molecule has 0 atom stereocenters. The molecule has 220 valence electrons. The van der Waals surface area contributed by atoms with Crippen molar-refractivity contribution in [2.24, 2.45) is 5.10 Å². The van der Waals surface area contributed by atoms with Crippen LogP contribution < -0.4 is 19.2 Å². The van der Waals surface area contributed by atoms with E-state index in [9.17, 15) is 13.2 Å². The molecule has 3 aromatic carbocycles. The number of hydrogen-bond donors (Lipinski definition) is 1. The fraction of sp³-hybridized carbons (Fsp3) is 0.250. The monoisotopic (exact) mass is 588 g/mol. The average molecular weight is 589 g/mol. The van der Waals surface area contributed by atoms with Crippen molar-refractivity contribution in [3.8, 4) is 17.2 Å². The first-order valence-electron chi connectivity index (χ1n) is 13.4. The summed E-state index contributed by atoms with van der Waals surface area (Å²) in [5.41, 5.74) is 9.78. The second-order valence-corrected chi connectivity index (χ2v) is 12.0. The fourth-order valence-electron chi connectivity index (χ4n) is 4.86. The number of hydrazone groups is 1. The highest BCUT2D eigenvalue weighted by Crippen LogP contribution is 2.35. The third kappa shape index (κ3) is 6.49. The fourth-order valence-corrected chi connectivity index (χ4v) is 6.29. The summed E-state index contributed by atoms with van der Waals surface area (Å²) >= 11 is 0. The lowest BCUT2D eigenvalue weighted by atomic mass is 10.1. The van der Waals surface area contributed by atoms with Gasteiger partial charge in [-0.2, -0.15) is 5.10 Å². The van der Waals surface area contributed by atoms with Crippen LogP contribution in [0.5, 0.6) is 11.5 Å². The molecule has 10 heteroatoms. The standard InChI is InChI=1S/C32H36N4O5S/c1-21-8-11-29(12-9-21)42(38,39)35(30-13-10-28(40-6)18-31(30)41-7)20-32(37)34-33-19-26-17-24(4)36(25(26)5)27-15-22(2)14-23(3)16-27/h8-19H,20H2,1-7H3,(H,34,37)/b33-19-. The molecular formula is C32H36N4O5S. The molecule has 0 bridgehead atoms.